The van der Waals surface area contributed by atoms with Crippen LogP contribution >= 0.6 is 0 Å². The number of ether oxygens (including phenoxy) is 1. The lowest BCUT2D eigenvalue weighted by molar-refractivity contribution is -0.155. The molecule has 0 spiro atoms. The van der Waals surface area contributed by atoms with Gasteiger partial charge >= 0.3 is 5.97 Å². The van der Waals surface area contributed by atoms with Crippen LogP contribution in [0.25, 0.3) is 0 Å². The van der Waals surface area contributed by atoms with Gasteiger partial charge < -0.3 is 10.1 Å². The molecule has 0 radical (unpaired) electrons. The highest BCUT2D eigenvalue weighted by Crippen LogP contribution is 2.40. The van der Waals surface area contributed by atoms with Crippen molar-refractivity contribution < 1.29 is 13.9 Å². The van der Waals surface area contributed by atoms with Gasteiger partial charge in [-0.05, 0) is 25.8 Å². The summed E-state index contributed by atoms with van der Waals surface area (Å²) in [5, 5.41) is 3.22. The molecule has 0 amide bonds. The second-order valence-corrected chi connectivity index (χ2v) is 3.95. The van der Waals surface area contributed by atoms with Gasteiger partial charge in [-0.15, -0.1) is 0 Å². The lowest BCUT2D eigenvalue weighted by Crippen LogP contribution is -2.43. The second kappa shape index (κ2) is 3.25. The van der Waals surface area contributed by atoms with Crippen LogP contribution in [0.1, 0.15) is 13.3 Å². The van der Waals surface area contributed by atoms with E-state index in [0.717, 1.165) is 13.0 Å². The molecule has 13 heavy (non-hydrogen) atoms. The summed E-state index contributed by atoms with van der Waals surface area (Å²) >= 11 is 0. The van der Waals surface area contributed by atoms with Crippen LogP contribution in [0.2, 0.25) is 0 Å². The maximum atomic E-state index is 12.4. The average Bonchev–Trinajstić information content (AvgIpc) is 2.60. The summed E-state index contributed by atoms with van der Waals surface area (Å²) in [4.78, 5) is 11.4. The van der Waals surface area contributed by atoms with Gasteiger partial charge in [-0.1, -0.05) is 0 Å². The van der Waals surface area contributed by atoms with Gasteiger partial charge in [0.25, 0.3) is 0 Å². The van der Waals surface area contributed by atoms with Gasteiger partial charge in [-0.25, -0.2) is 4.39 Å². The summed E-state index contributed by atoms with van der Waals surface area (Å²) in [6.07, 6.45) is 0.0138. The monoisotopic (exact) mass is 187 g/mol. The Bertz CT molecular complexity index is 206. The van der Waals surface area contributed by atoms with Gasteiger partial charge in [0.15, 0.2) is 0 Å². The molecule has 1 N–H and O–H groups in total. The molecule has 3 fully saturated rings. The van der Waals surface area contributed by atoms with E-state index in [1.807, 2.05) is 0 Å². The van der Waals surface area contributed by atoms with Crippen LogP contribution in [0.4, 0.5) is 4.39 Å². The maximum absolute atomic E-state index is 12.4. The van der Waals surface area contributed by atoms with Gasteiger partial charge in [0.2, 0.25) is 0 Å². The number of halogens is 1. The normalized spacial score (nSPS) is 38.2. The van der Waals surface area contributed by atoms with Crippen LogP contribution in [-0.2, 0) is 9.53 Å². The van der Waals surface area contributed by atoms with Gasteiger partial charge in [0, 0.05) is 6.04 Å². The Labute approximate surface area is 76.6 Å². The fourth-order valence-corrected chi connectivity index (χ4v) is 2.13. The van der Waals surface area contributed by atoms with Crippen LogP contribution in [0.3, 0.4) is 0 Å². The smallest absolute Gasteiger partial charge is 0.310 e. The molecule has 0 aromatic rings. The van der Waals surface area contributed by atoms with E-state index in [4.69, 9.17) is 4.74 Å². The van der Waals surface area contributed by atoms with E-state index in [9.17, 15) is 9.18 Å². The molecule has 2 bridgehead atoms. The largest absolute Gasteiger partial charge is 0.462 e. The minimum Gasteiger partial charge on any atom is -0.462 e. The van der Waals surface area contributed by atoms with Crippen molar-refractivity contribution >= 4 is 5.97 Å². The number of nitrogens with one attached hydrogen (secondary N) is 1. The van der Waals surface area contributed by atoms with Gasteiger partial charge in [-0.2, -0.15) is 0 Å². The first-order chi connectivity index (χ1) is 6.18. The fraction of sp³-hybridized carbons (Fsp3) is 0.889. The van der Waals surface area contributed by atoms with Gasteiger partial charge in [0.1, 0.15) is 12.8 Å². The van der Waals surface area contributed by atoms with Crippen LogP contribution in [0.5, 0.6) is 0 Å². The lowest BCUT2D eigenvalue weighted by atomic mass is 9.74. The quantitative estimate of drug-likeness (QED) is 0.654. The first-order valence-corrected chi connectivity index (χ1v) is 4.72. The second-order valence-electron chi connectivity index (χ2n) is 3.95. The average molecular weight is 187 g/mol. The molecule has 1 aliphatic carbocycles. The first kappa shape index (κ1) is 8.94. The SMILES string of the molecule is CC(F)COC(=O)C1C2CNC1C2. The van der Waals surface area contributed by atoms with Crippen molar-refractivity contribution in [2.45, 2.75) is 25.6 Å². The molecule has 0 aromatic heterocycles. The standard InChI is InChI=1S/C9H14FNO2/c1-5(10)4-13-9(12)8-6-2-7(8)11-3-6/h5-8,11H,2-4H2,1H3. The Morgan fingerprint density at radius 1 is 1.77 bits per heavy atom. The Kier molecular flexibility index (Phi) is 2.24. The van der Waals surface area contributed by atoms with Crippen LogP contribution < -0.4 is 5.32 Å². The molecule has 1 saturated carbocycles. The molecule has 3 rings (SSSR count). The number of rotatable bonds is 3. The summed E-state index contributed by atoms with van der Waals surface area (Å²) in [5.41, 5.74) is 0. The Balaban J connectivity index is 1.78. The number of esters is 1. The van der Waals surface area contributed by atoms with Crippen molar-refractivity contribution in [2.75, 3.05) is 13.2 Å². The van der Waals surface area contributed by atoms with E-state index in [1.165, 1.54) is 6.92 Å². The number of alkyl halides is 1. The zero-order chi connectivity index (χ0) is 9.42. The van der Waals surface area contributed by atoms with Crippen molar-refractivity contribution in [3.63, 3.8) is 0 Å². The summed E-state index contributed by atoms with van der Waals surface area (Å²) in [7, 11) is 0. The fourth-order valence-electron chi connectivity index (χ4n) is 2.13. The van der Waals surface area contributed by atoms with Crippen molar-refractivity contribution in [3.05, 3.63) is 0 Å². The van der Waals surface area contributed by atoms with E-state index in [1.54, 1.807) is 0 Å². The lowest BCUT2D eigenvalue weighted by Gasteiger charge is -2.32. The number of hydrogen-bond donors (Lipinski definition) is 1. The molecule has 4 atom stereocenters. The topological polar surface area (TPSA) is 38.3 Å². The van der Waals surface area contributed by atoms with Gasteiger partial charge in [0.05, 0.1) is 5.92 Å². The van der Waals surface area contributed by atoms with Crippen molar-refractivity contribution in [1.82, 2.24) is 5.32 Å². The van der Waals surface area contributed by atoms with Crippen molar-refractivity contribution in [2.24, 2.45) is 11.8 Å². The van der Waals surface area contributed by atoms with E-state index >= 15 is 0 Å². The third-order valence-electron chi connectivity index (χ3n) is 2.87. The highest BCUT2D eigenvalue weighted by atomic mass is 19.1. The number of carbonyl (C=O) groups excluding carboxylic acids is 1. The van der Waals surface area contributed by atoms with Crippen LogP contribution in [-0.4, -0.2) is 31.3 Å². The maximum Gasteiger partial charge on any atom is 0.310 e. The van der Waals surface area contributed by atoms with Crippen molar-refractivity contribution in [3.8, 4) is 0 Å². The zero-order valence-corrected chi connectivity index (χ0v) is 7.63. The predicted octanol–water partition coefficient (Wildman–Crippen LogP) is 0.496. The van der Waals surface area contributed by atoms with E-state index in [2.05, 4.69) is 5.32 Å². The molecular weight excluding hydrogens is 173 g/mol. The molecule has 2 heterocycles. The van der Waals surface area contributed by atoms with Gasteiger partial charge in [-0.3, -0.25) is 4.79 Å². The zero-order valence-electron chi connectivity index (χ0n) is 7.63. The summed E-state index contributed by atoms with van der Waals surface area (Å²) < 4.78 is 17.2. The number of carbonyl (C=O) groups is 1. The molecule has 2 saturated heterocycles. The molecule has 4 unspecified atom stereocenters. The Hall–Kier alpha value is -0.640. The molecule has 2 aliphatic heterocycles. The third kappa shape index (κ3) is 1.55. The summed E-state index contributed by atoms with van der Waals surface area (Å²) in [6, 6.07) is 0.299. The minimum atomic E-state index is -1.06. The molecule has 0 aromatic carbocycles. The Morgan fingerprint density at radius 3 is 3.00 bits per heavy atom. The highest BCUT2D eigenvalue weighted by Gasteiger charge is 2.51. The third-order valence-corrected chi connectivity index (χ3v) is 2.87. The highest BCUT2D eigenvalue weighted by molar-refractivity contribution is 5.75. The number of hydrogen-bond acceptors (Lipinski definition) is 3. The molecule has 3 nitrogen and oxygen atoms in total. The van der Waals surface area contributed by atoms with E-state index in [-0.39, 0.29) is 18.5 Å². The van der Waals surface area contributed by atoms with Crippen LogP contribution in [0.15, 0.2) is 0 Å². The first-order valence-electron chi connectivity index (χ1n) is 4.72. The predicted molar refractivity (Wildman–Crippen MR) is 44.9 cm³/mol. The molecule has 4 heteroatoms. The minimum absolute atomic E-state index is 0.00116. The Morgan fingerprint density at radius 2 is 2.54 bits per heavy atom. The molecular formula is C9H14FNO2. The summed E-state index contributed by atoms with van der Waals surface area (Å²) in [6.45, 7) is 2.20. The molecule has 3 aliphatic rings. The number of fused-ring (bicyclic) bond motifs is 1. The van der Waals surface area contributed by atoms with Crippen molar-refractivity contribution in [1.29, 1.82) is 0 Å². The van der Waals surface area contributed by atoms with Crippen LogP contribution in [0, 0.1) is 11.8 Å². The van der Waals surface area contributed by atoms with E-state index in [0.29, 0.717) is 12.0 Å². The van der Waals surface area contributed by atoms with E-state index < -0.39 is 6.17 Å². The molecule has 74 valence electrons. The summed E-state index contributed by atoms with van der Waals surface area (Å²) in [5.74, 6) is 0.210.